The van der Waals surface area contributed by atoms with Crippen molar-refractivity contribution >= 4 is 136 Å². The molecule has 0 bridgehead atoms. The Labute approximate surface area is 714 Å². The van der Waals surface area contributed by atoms with Crippen LogP contribution in [0.15, 0.2) is 220 Å². The fourth-order valence-electron chi connectivity index (χ4n) is 12.4. The number of nitrogens with one attached hydrogen (secondary N) is 2. The van der Waals surface area contributed by atoms with Crippen LogP contribution >= 0.6 is 46.4 Å². The topological polar surface area (TPSA) is 369 Å². The van der Waals surface area contributed by atoms with E-state index < -0.39 is 0 Å². The molecule has 30 heteroatoms. The molecule has 120 heavy (non-hydrogen) atoms. The van der Waals surface area contributed by atoms with Crippen LogP contribution in [0.4, 0.5) is 23.3 Å². The zero-order valence-electron chi connectivity index (χ0n) is 66.6. The van der Waals surface area contributed by atoms with E-state index >= 15 is 0 Å². The third kappa shape index (κ3) is 25.6. The number of hydrogen-bond acceptors (Lipinski definition) is 24. The molecule has 0 radical (unpaired) electrons. The number of aryl methyl sites for hydroxylation is 2. The number of halogens is 4. The van der Waals surface area contributed by atoms with Gasteiger partial charge in [0.05, 0.1) is 30.0 Å². The Bertz CT molecular complexity index is 5670. The second kappa shape index (κ2) is 44.1. The molecule has 10 N–H and O–H groups in total. The Morgan fingerprint density at radius 1 is 0.383 bits per heavy atom. The highest BCUT2D eigenvalue weighted by Gasteiger charge is 2.18. The molecule has 2 amide bonds. The van der Waals surface area contributed by atoms with E-state index in [2.05, 4.69) is 84.1 Å². The largest absolute Gasteiger partial charge is 0.477 e. The number of carbonyl (C=O) groups excluding carboxylic acids is 4. The summed E-state index contributed by atoms with van der Waals surface area (Å²) in [6.45, 7) is 10.5. The number of nitrogens with zero attached hydrogens (tertiary/aromatic N) is 12. The summed E-state index contributed by atoms with van der Waals surface area (Å²) in [7, 11) is 4.01. The van der Waals surface area contributed by atoms with Crippen LogP contribution in [0.3, 0.4) is 0 Å². The van der Waals surface area contributed by atoms with E-state index in [4.69, 9.17) is 88.3 Å². The molecular weight excluding hydrogens is 1600 g/mol. The Balaban J connectivity index is 0.000000157. The maximum absolute atomic E-state index is 12.6. The Kier molecular flexibility index (Phi) is 32.4. The molecule has 26 nitrogen and oxygen atoms in total. The van der Waals surface area contributed by atoms with Crippen molar-refractivity contribution < 1.29 is 38.1 Å². The minimum absolute atomic E-state index is 0.0283. The number of aromatic nitrogens is 10. The normalized spacial score (nSPS) is 10.9. The zero-order valence-corrected chi connectivity index (χ0v) is 69.6. The lowest BCUT2D eigenvalue weighted by molar-refractivity contribution is 0.0942. The van der Waals surface area contributed by atoms with E-state index in [0.717, 1.165) is 116 Å². The maximum Gasteiger partial charge on any atom is 0.253 e. The summed E-state index contributed by atoms with van der Waals surface area (Å²) in [5, 5.41) is 14.6. The van der Waals surface area contributed by atoms with Gasteiger partial charge in [-0.25, -0.2) is 39.9 Å². The van der Waals surface area contributed by atoms with Gasteiger partial charge < -0.3 is 62.3 Å². The number of pyridine rings is 10. The van der Waals surface area contributed by atoms with Gasteiger partial charge in [0.2, 0.25) is 23.5 Å². The number of hydrogen-bond donors (Lipinski definition) is 6. The number of amides is 2. The summed E-state index contributed by atoms with van der Waals surface area (Å²) in [5.41, 5.74) is 31.0. The van der Waals surface area contributed by atoms with Crippen LogP contribution < -0.4 is 52.5 Å². The fraction of sp³-hybridized carbons (Fsp3) is 0.222. The van der Waals surface area contributed by atoms with Crippen LogP contribution in [0.25, 0.3) is 43.1 Å². The predicted octanol–water partition coefficient (Wildman–Crippen LogP) is 16.3. The number of benzene rings is 4. The first kappa shape index (κ1) is 88.0. The molecule has 10 heterocycles. The summed E-state index contributed by atoms with van der Waals surface area (Å²) in [4.78, 5) is 95.8. The van der Waals surface area contributed by atoms with Gasteiger partial charge in [0.1, 0.15) is 56.6 Å². The van der Waals surface area contributed by atoms with Gasteiger partial charge in [0, 0.05) is 140 Å². The van der Waals surface area contributed by atoms with Crippen LogP contribution in [0, 0.1) is 0 Å². The quantitative estimate of drug-likeness (QED) is 0.0168. The average molecular weight is 1690 g/mol. The van der Waals surface area contributed by atoms with Crippen molar-refractivity contribution in [2.75, 3.05) is 76.4 Å². The van der Waals surface area contributed by atoms with E-state index in [1.807, 2.05) is 141 Å². The number of ether oxygens (including phenoxy) is 4. The SMILES string of the molecule is CCN(CC)CCCOc1ncc(C(=O)NCc2ccc3c(N)nccc3c2)cc1Cl.CN(C)CCCOc1ncc(C(=O)NCc2ccc3c(N)nccc3c2)cc1Cl.Nc1nccc2cc(CCC(=O)c3cnc(OCc4ccccn4)c(Cl)c3)ccc12.Nc1nccc2cc(CCC(=O)c3cnc(OCc4ccncc4)c(Cl)c3)ccc12. The molecule has 14 aromatic rings. The zero-order chi connectivity index (χ0) is 84.9. The number of ketones is 2. The summed E-state index contributed by atoms with van der Waals surface area (Å²) >= 11 is 25.0. The molecule has 0 spiro atoms. The van der Waals surface area contributed by atoms with E-state index in [1.165, 1.54) is 24.8 Å². The fourth-order valence-corrected chi connectivity index (χ4v) is 13.3. The van der Waals surface area contributed by atoms with Crippen LogP contribution in [0.1, 0.15) is 114 Å². The summed E-state index contributed by atoms with van der Waals surface area (Å²) in [5.74, 6) is 2.67. The number of fused-ring (bicyclic) bond motifs is 4. The first-order valence-corrected chi connectivity index (χ1v) is 40.1. The third-order valence-corrected chi connectivity index (χ3v) is 20.1. The van der Waals surface area contributed by atoms with Crippen molar-refractivity contribution in [3.05, 3.63) is 296 Å². The predicted molar refractivity (Wildman–Crippen MR) is 473 cm³/mol. The lowest BCUT2D eigenvalue weighted by atomic mass is 10.0. The van der Waals surface area contributed by atoms with Gasteiger partial charge in [0.25, 0.3) is 11.8 Å². The van der Waals surface area contributed by atoms with Gasteiger partial charge in [-0.1, -0.05) is 127 Å². The van der Waals surface area contributed by atoms with Crippen LogP contribution in [0.5, 0.6) is 23.5 Å². The van der Waals surface area contributed by atoms with E-state index in [0.29, 0.717) is 142 Å². The molecule has 0 aliphatic carbocycles. The number of nitrogen functional groups attached to an aromatic ring is 4. The number of anilines is 4. The van der Waals surface area contributed by atoms with E-state index in [-0.39, 0.29) is 35.9 Å². The first-order chi connectivity index (χ1) is 58.1. The standard InChI is InChI=1S/C23H28ClN5O2.2C23H19ClN4O2.C21H24ClN5O2/c1-3-29(4-2)10-5-11-31-23-20(24)13-18(15-28-23)22(30)27-14-16-6-7-19-17(12-16)8-9-26-21(19)25;24-20-12-18(13-28-23(20)30-14-16-5-8-26-9-6-16)21(29)4-2-15-1-3-19-17(11-15)7-10-27-22(19)25;24-20-12-17(13-28-23(20)30-14-18-3-1-2-9-26-18)21(29)7-5-15-4-6-19-16(11-15)8-10-27-22(19)25;1-27(2)8-3-9-29-21-18(22)11-16(13-26-21)20(28)25-12-14-4-5-17-15(10-14)6-7-24-19(17)23/h6-9,12-13,15H,3-5,10-11,14H2,1-2H3,(H2,25,26)(H,27,30);1,3,5-13H,2,4,14H2,(H2,25,27);1-4,6,8-13H,5,7,14H2,(H2,25,27);4-7,10-11,13H,3,8-9,12H2,1-2H3,(H2,23,24)(H,25,28). The summed E-state index contributed by atoms with van der Waals surface area (Å²) < 4.78 is 22.5. The Morgan fingerprint density at radius 3 is 1.15 bits per heavy atom. The van der Waals surface area contributed by atoms with Crippen molar-refractivity contribution in [3.63, 3.8) is 0 Å². The maximum atomic E-state index is 12.6. The van der Waals surface area contributed by atoms with E-state index in [9.17, 15) is 19.2 Å². The minimum Gasteiger partial charge on any atom is -0.477 e. The molecule has 0 aliphatic heterocycles. The van der Waals surface area contributed by atoms with Gasteiger partial charge in [-0.05, 0) is 187 Å². The number of nitrogens with two attached hydrogens (primary N) is 4. The molecule has 4 aromatic carbocycles. The van der Waals surface area contributed by atoms with Crippen molar-refractivity contribution in [2.45, 2.75) is 78.7 Å². The lowest BCUT2D eigenvalue weighted by Gasteiger charge is -2.17. The molecule has 0 aliphatic rings. The highest BCUT2D eigenvalue weighted by Crippen LogP contribution is 2.31. The number of Topliss-reactive ketones (excluding diaryl/α,β-unsaturated/α-hetero) is 2. The summed E-state index contributed by atoms with van der Waals surface area (Å²) in [6, 6.07) is 46.7. The molecule has 0 unspecified atom stereocenters. The van der Waals surface area contributed by atoms with Gasteiger partial charge in [0.15, 0.2) is 11.6 Å². The minimum atomic E-state index is -0.257. The van der Waals surface area contributed by atoms with Gasteiger partial charge >= 0.3 is 0 Å². The molecular formula is C90H90Cl4N18O8. The van der Waals surface area contributed by atoms with Crippen molar-refractivity contribution in [3.8, 4) is 23.5 Å². The molecule has 0 atom stereocenters. The average Bonchev–Trinajstić information content (AvgIpc) is 0.837. The first-order valence-electron chi connectivity index (χ1n) is 38.6. The highest BCUT2D eigenvalue weighted by atomic mass is 35.5. The van der Waals surface area contributed by atoms with Crippen LogP contribution in [0.2, 0.25) is 20.1 Å². The molecule has 14 rings (SSSR count). The van der Waals surface area contributed by atoms with Crippen LogP contribution in [-0.4, -0.2) is 137 Å². The van der Waals surface area contributed by atoms with Crippen molar-refractivity contribution in [1.29, 1.82) is 0 Å². The monoisotopic (exact) mass is 1690 g/mol. The molecule has 0 fully saturated rings. The molecule has 0 saturated heterocycles. The van der Waals surface area contributed by atoms with Crippen molar-refractivity contribution in [1.82, 2.24) is 70.3 Å². The molecule has 0 saturated carbocycles. The van der Waals surface area contributed by atoms with Gasteiger partial charge in [-0.15, -0.1) is 0 Å². The second-order valence-electron chi connectivity index (χ2n) is 27.8. The molecule has 10 aromatic heterocycles. The Morgan fingerprint density at radius 2 is 0.758 bits per heavy atom. The van der Waals surface area contributed by atoms with E-state index in [1.54, 1.807) is 67.6 Å². The summed E-state index contributed by atoms with van der Waals surface area (Å²) in [6.07, 6.45) is 21.4. The number of rotatable bonds is 32. The molecule has 616 valence electrons. The highest BCUT2D eigenvalue weighted by molar-refractivity contribution is 6.33. The third-order valence-electron chi connectivity index (χ3n) is 19.0. The van der Waals surface area contributed by atoms with Crippen LogP contribution in [-0.2, 0) is 39.1 Å². The second-order valence-corrected chi connectivity index (χ2v) is 29.4. The lowest BCUT2D eigenvalue weighted by Crippen LogP contribution is -2.25. The Hall–Kier alpha value is -12.8. The number of carbonyl (C=O) groups is 4. The smallest absolute Gasteiger partial charge is 0.253 e. The van der Waals surface area contributed by atoms with Gasteiger partial charge in [-0.2, -0.15) is 0 Å². The van der Waals surface area contributed by atoms with Crippen molar-refractivity contribution in [2.24, 2.45) is 0 Å². The van der Waals surface area contributed by atoms with Gasteiger partial charge in [-0.3, -0.25) is 29.1 Å².